The number of rotatable bonds is 2. The number of hydrogen-bond donors (Lipinski definition) is 1. The molecule has 2 aromatic rings. The molecule has 2 heterocycles. The summed E-state index contributed by atoms with van der Waals surface area (Å²) in [5.41, 5.74) is -1.31. The number of hydrogen-bond acceptors (Lipinski definition) is 5. The van der Waals surface area contributed by atoms with Crippen molar-refractivity contribution in [2.45, 2.75) is 32.5 Å². The van der Waals surface area contributed by atoms with Crippen LogP contribution in [0.25, 0.3) is 11.1 Å². The van der Waals surface area contributed by atoms with E-state index in [1.54, 1.807) is 56.0 Å². The molecule has 0 radical (unpaired) electrons. The predicted molar refractivity (Wildman–Crippen MR) is 106 cm³/mol. The largest absolute Gasteiger partial charge is 0.492 e. The van der Waals surface area contributed by atoms with Crippen molar-refractivity contribution < 1.29 is 27.8 Å². The SMILES string of the molecule is CC(C)(C)OC(=O)N1CCN(c2cc(-c3ccccc3)c(C(F)(F)F)nc2O)CC1. The van der Waals surface area contributed by atoms with E-state index in [1.807, 2.05) is 0 Å². The van der Waals surface area contributed by atoms with E-state index in [2.05, 4.69) is 4.98 Å². The van der Waals surface area contributed by atoms with Crippen molar-refractivity contribution in [3.8, 4) is 17.0 Å². The summed E-state index contributed by atoms with van der Waals surface area (Å²) in [5.74, 6) is -0.687. The van der Waals surface area contributed by atoms with Gasteiger partial charge in [0.1, 0.15) is 11.3 Å². The van der Waals surface area contributed by atoms with Gasteiger partial charge in [-0.2, -0.15) is 13.2 Å². The minimum Gasteiger partial charge on any atom is -0.492 e. The number of alkyl halides is 3. The molecule has 0 atom stereocenters. The number of benzene rings is 1. The molecule has 1 aromatic carbocycles. The van der Waals surface area contributed by atoms with Gasteiger partial charge in [-0.05, 0) is 32.4 Å². The fourth-order valence-electron chi connectivity index (χ4n) is 3.24. The molecule has 1 aliphatic heterocycles. The van der Waals surface area contributed by atoms with Crippen LogP contribution in [0.5, 0.6) is 5.88 Å². The monoisotopic (exact) mass is 423 g/mol. The molecule has 1 aromatic heterocycles. The van der Waals surface area contributed by atoms with Gasteiger partial charge in [-0.3, -0.25) is 0 Å². The molecule has 0 saturated carbocycles. The first-order valence-corrected chi connectivity index (χ1v) is 9.55. The van der Waals surface area contributed by atoms with Crippen molar-refractivity contribution in [3.63, 3.8) is 0 Å². The third-order valence-corrected chi connectivity index (χ3v) is 4.61. The van der Waals surface area contributed by atoms with Gasteiger partial charge in [-0.15, -0.1) is 0 Å². The Bertz CT molecular complexity index is 903. The molecule has 9 heteroatoms. The van der Waals surface area contributed by atoms with E-state index < -0.39 is 29.4 Å². The van der Waals surface area contributed by atoms with Crippen molar-refractivity contribution in [2.24, 2.45) is 0 Å². The first-order valence-electron chi connectivity index (χ1n) is 9.55. The maximum atomic E-state index is 13.5. The number of amides is 1. The maximum absolute atomic E-state index is 13.5. The van der Waals surface area contributed by atoms with Crippen LogP contribution in [-0.4, -0.2) is 52.9 Å². The smallest absolute Gasteiger partial charge is 0.434 e. The Balaban J connectivity index is 1.86. The highest BCUT2D eigenvalue weighted by atomic mass is 19.4. The van der Waals surface area contributed by atoms with Crippen LogP contribution in [0, 0.1) is 0 Å². The average molecular weight is 423 g/mol. The predicted octanol–water partition coefficient (Wildman–Crippen LogP) is 4.53. The molecule has 0 spiro atoms. The van der Waals surface area contributed by atoms with Gasteiger partial charge >= 0.3 is 12.3 Å². The number of aromatic nitrogens is 1. The van der Waals surface area contributed by atoms with Gasteiger partial charge in [0.15, 0.2) is 5.69 Å². The third kappa shape index (κ3) is 4.95. The van der Waals surface area contributed by atoms with Crippen molar-refractivity contribution in [1.82, 2.24) is 9.88 Å². The number of pyridine rings is 1. The fourth-order valence-corrected chi connectivity index (χ4v) is 3.24. The van der Waals surface area contributed by atoms with Crippen LogP contribution < -0.4 is 4.90 Å². The maximum Gasteiger partial charge on any atom is 0.434 e. The molecule has 1 saturated heterocycles. The van der Waals surface area contributed by atoms with E-state index in [-0.39, 0.29) is 11.3 Å². The summed E-state index contributed by atoms with van der Waals surface area (Å²) < 4.78 is 45.9. The van der Waals surface area contributed by atoms with E-state index in [9.17, 15) is 23.1 Å². The molecule has 3 rings (SSSR count). The second kappa shape index (κ2) is 8.04. The van der Waals surface area contributed by atoms with E-state index in [1.165, 1.54) is 11.0 Å². The molecule has 1 amide bonds. The molecule has 0 bridgehead atoms. The number of aromatic hydroxyl groups is 1. The summed E-state index contributed by atoms with van der Waals surface area (Å²) >= 11 is 0. The zero-order valence-electron chi connectivity index (χ0n) is 17.0. The second-order valence-corrected chi connectivity index (χ2v) is 8.05. The minimum absolute atomic E-state index is 0.106. The zero-order chi connectivity index (χ0) is 22.1. The number of carbonyl (C=O) groups is 1. The summed E-state index contributed by atoms with van der Waals surface area (Å²) in [4.78, 5) is 19.0. The Hall–Kier alpha value is -2.97. The summed E-state index contributed by atoms with van der Waals surface area (Å²) in [7, 11) is 0. The van der Waals surface area contributed by atoms with Gasteiger partial charge < -0.3 is 19.6 Å². The summed E-state index contributed by atoms with van der Waals surface area (Å²) in [6, 6.07) is 9.43. The molecular weight excluding hydrogens is 399 g/mol. The first-order chi connectivity index (χ1) is 14.0. The van der Waals surface area contributed by atoms with E-state index in [0.717, 1.165) is 0 Å². The normalized spacial score (nSPS) is 15.3. The summed E-state index contributed by atoms with van der Waals surface area (Å²) in [6.45, 7) is 6.61. The Labute approximate surface area is 172 Å². The van der Waals surface area contributed by atoms with Crippen molar-refractivity contribution in [2.75, 3.05) is 31.1 Å². The van der Waals surface area contributed by atoms with Crippen LogP contribution in [0.15, 0.2) is 36.4 Å². The van der Waals surface area contributed by atoms with Crippen LogP contribution in [0.3, 0.4) is 0 Å². The molecule has 162 valence electrons. The van der Waals surface area contributed by atoms with Crippen LogP contribution in [0.2, 0.25) is 0 Å². The minimum atomic E-state index is -4.71. The Morgan fingerprint density at radius 2 is 1.67 bits per heavy atom. The Morgan fingerprint density at radius 3 is 2.20 bits per heavy atom. The van der Waals surface area contributed by atoms with Gasteiger partial charge in [0.25, 0.3) is 0 Å². The average Bonchev–Trinajstić information content (AvgIpc) is 2.66. The zero-order valence-corrected chi connectivity index (χ0v) is 17.0. The van der Waals surface area contributed by atoms with E-state index in [4.69, 9.17) is 4.74 Å². The number of piperazine rings is 1. The highest BCUT2D eigenvalue weighted by Crippen LogP contribution is 2.41. The van der Waals surface area contributed by atoms with Crippen molar-refractivity contribution >= 4 is 11.8 Å². The summed E-state index contributed by atoms with van der Waals surface area (Å²) in [6.07, 6.45) is -5.15. The van der Waals surface area contributed by atoms with Gasteiger partial charge in [-0.1, -0.05) is 30.3 Å². The molecule has 0 aliphatic carbocycles. The van der Waals surface area contributed by atoms with Crippen LogP contribution in [-0.2, 0) is 10.9 Å². The number of carbonyl (C=O) groups excluding carboxylic acids is 1. The van der Waals surface area contributed by atoms with Crippen LogP contribution in [0.1, 0.15) is 26.5 Å². The van der Waals surface area contributed by atoms with Crippen molar-refractivity contribution in [3.05, 3.63) is 42.1 Å². The lowest BCUT2D eigenvalue weighted by atomic mass is 10.0. The number of nitrogens with zero attached hydrogens (tertiary/aromatic N) is 3. The number of anilines is 1. The lowest BCUT2D eigenvalue weighted by Gasteiger charge is -2.37. The molecule has 0 unspecified atom stereocenters. The molecule has 1 aliphatic rings. The van der Waals surface area contributed by atoms with Crippen LogP contribution in [0.4, 0.5) is 23.7 Å². The lowest BCUT2D eigenvalue weighted by molar-refractivity contribution is -0.140. The van der Waals surface area contributed by atoms with Gasteiger partial charge in [0.2, 0.25) is 5.88 Å². The highest BCUT2D eigenvalue weighted by Gasteiger charge is 2.37. The Kier molecular flexibility index (Phi) is 5.83. The number of ether oxygens (including phenoxy) is 1. The fraction of sp³-hybridized carbons (Fsp3) is 0.429. The van der Waals surface area contributed by atoms with Gasteiger partial charge in [0, 0.05) is 31.7 Å². The van der Waals surface area contributed by atoms with Gasteiger partial charge in [0.05, 0.1) is 0 Å². The molecular formula is C21H24F3N3O3. The topological polar surface area (TPSA) is 65.9 Å². The molecule has 1 N–H and O–H groups in total. The third-order valence-electron chi connectivity index (χ3n) is 4.61. The lowest BCUT2D eigenvalue weighted by Crippen LogP contribution is -2.50. The molecule has 6 nitrogen and oxygen atoms in total. The molecule has 1 fully saturated rings. The van der Waals surface area contributed by atoms with E-state index >= 15 is 0 Å². The summed E-state index contributed by atoms with van der Waals surface area (Å²) in [5, 5.41) is 10.2. The quantitative estimate of drug-likeness (QED) is 0.769. The second-order valence-electron chi connectivity index (χ2n) is 8.05. The van der Waals surface area contributed by atoms with Gasteiger partial charge in [-0.25, -0.2) is 9.78 Å². The standard InChI is InChI=1S/C21H24F3N3O3/c1-20(2,3)30-19(29)27-11-9-26(10-12-27)16-13-15(14-7-5-4-6-8-14)17(21(22,23)24)25-18(16)28/h4-8,13H,9-12H2,1-3H3,(H,25,28). The molecule has 30 heavy (non-hydrogen) atoms. The van der Waals surface area contributed by atoms with Crippen molar-refractivity contribution in [1.29, 1.82) is 0 Å². The number of halogens is 3. The first kappa shape index (κ1) is 21.7. The van der Waals surface area contributed by atoms with E-state index in [0.29, 0.717) is 31.7 Å². The Morgan fingerprint density at radius 1 is 1.07 bits per heavy atom. The van der Waals surface area contributed by atoms with Crippen LogP contribution >= 0.6 is 0 Å². The highest BCUT2D eigenvalue weighted by molar-refractivity contribution is 5.74.